The number of halogens is 2. The van der Waals surface area contributed by atoms with Gasteiger partial charge in [0.2, 0.25) is 5.95 Å². The molecule has 0 atom stereocenters. The van der Waals surface area contributed by atoms with Crippen LogP contribution in [0, 0.1) is 23.0 Å². The standard InChI is InChI=1S/C20H15F2N5O/c1-2-12-8-9-14(17(22)16(12)21)11-24-27-20-25-18(13-6-4-3-5-7-13)15(10-23)19(28)26-20/h3-9,11H,2H2,1H3,(H2,25,26,27,28). The van der Waals surface area contributed by atoms with E-state index >= 15 is 0 Å². The third kappa shape index (κ3) is 3.78. The van der Waals surface area contributed by atoms with Crippen LogP contribution in [0.5, 0.6) is 0 Å². The van der Waals surface area contributed by atoms with Crippen molar-refractivity contribution in [2.75, 3.05) is 5.43 Å². The first-order valence-corrected chi connectivity index (χ1v) is 8.41. The van der Waals surface area contributed by atoms with Crippen LogP contribution in [0.25, 0.3) is 11.3 Å². The van der Waals surface area contributed by atoms with E-state index < -0.39 is 17.2 Å². The highest BCUT2D eigenvalue weighted by atomic mass is 19.2. The number of anilines is 1. The van der Waals surface area contributed by atoms with Gasteiger partial charge >= 0.3 is 0 Å². The minimum absolute atomic E-state index is 0.0369. The van der Waals surface area contributed by atoms with Gasteiger partial charge in [-0.15, -0.1) is 0 Å². The number of rotatable bonds is 5. The average molecular weight is 379 g/mol. The number of nitrogens with zero attached hydrogens (tertiary/aromatic N) is 3. The van der Waals surface area contributed by atoms with Crippen molar-refractivity contribution in [2.24, 2.45) is 5.10 Å². The highest BCUT2D eigenvalue weighted by Crippen LogP contribution is 2.19. The number of aromatic nitrogens is 2. The number of hydrogen-bond donors (Lipinski definition) is 2. The van der Waals surface area contributed by atoms with Crippen molar-refractivity contribution in [3.63, 3.8) is 0 Å². The van der Waals surface area contributed by atoms with Gasteiger partial charge in [0, 0.05) is 11.1 Å². The quantitative estimate of drug-likeness (QED) is 0.523. The molecule has 0 aliphatic rings. The predicted molar refractivity (Wildman–Crippen MR) is 102 cm³/mol. The number of hydrazone groups is 1. The van der Waals surface area contributed by atoms with E-state index in [1.54, 1.807) is 37.3 Å². The molecule has 0 saturated heterocycles. The molecule has 0 bridgehead atoms. The molecule has 6 nitrogen and oxygen atoms in total. The summed E-state index contributed by atoms with van der Waals surface area (Å²) in [6, 6.07) is 13.4. The maximum absolute atomic E-state index is 14.0. The Hall–Kier alpha value is -3.86. The van der Waals surface area contributed by atoms with Crippen LogP contribution in [-0.2, 0) is 6.42 Å². The summed E-state index contributed by atoms with van der Waals surface area (Å²) < 4.78 is 27.9. The zero-order chi connectivity index (χ0) is 20.1. The molecule has 0 radical (unpaired) electrons. The zero-order valence-corrected chi connectivity index (χ0v) is 14.8. The second-order valence-corrected chi connectivity index (χ2v) is 5.78. The second kappa shape index (κ2) is 8.22. The smallest absolute Gasteiger partial charge is 0.270 e. The highest BCUT2D eigenvalue weighted by Gasteiger charge is 2.13. The minimum Gasteiger partial charge on any atom is -0.290 e. The molecule has 8 heteroatoms. The first-order valence-electron chi connectivity index (χ1n) is 8.41. The predicted octanol–water partition coefficient (Wildman–Crippen LogP) is 3.60. The fourth-order valence-corrected chi connectivity index (χ4v) is 2.57. The molecule has 0 aliphatic heterocycles. The summed E-state index contributed by atoms with van der Waals surface area (Å²) in [5.41, 5.74) is 2.69. The fourth-order valence-electron chi connectivity index (χ4n) is 2.57. The van der Waals surface area contributed by atoms with Gasteiger partial charge in [-0.25, -0.2) is 19.2 Å². The van der Waals surface area contributed by atoms with Crippen LogP contribution in [0.3, 0.4) is 0 Å². The van der Waals surface area contributed by atoms with Gasteiger partial charge in [0.25, 0.3) is 5.56 Å². The number of nitriles is 1. The number of benzene rings is 2. The molecule has 0 fully saturated rings. The molecule has 140 valence electrons. The van der Waals surface area contributed by atoms with Gasteiger partial charge in [-0.2, -0.15) is 10.4 Å². The summed E-state index contributed by atoms with van der Waals surface area (Å²) in [5.74, 6) is -1.95. The molecule has 0 amide bonds. The van der Waals surface area contributed by atoms with Gasteiger partial charge in [-0.05, 0) is 18.1 Å². The van der Waals surface area contributed by atoms with Crippen LogP contribution in [0.15, 0.2) is 52.4 Å². The largest absolute Gasteiger partial charge is 0.290 e. The van der Waals surface area contributed by atoms with Crippen molar-refractivity contribution in [1.82, 2.24) is 9.97 Å². The number of aromatic amines is 1. The average Bonchev–Trinajstić information content (AvgIpc) is 2.71. The Balaban J connectivity index is 1.91. The maximum Gasteiger partial charge on any atom is 0.270 e. The first-order chi connectivity index (χ1) is 13.5. The van der Waals surface area contributed by atoms with E-state index in [-0.39, 0.29) is 28.3 Å². The Morgan fingerprint density at radius 3 is 2.64 bits per heavy atom. The van der Waals surface area contributed by atoms with E-state index in [1.165, 1.54) is 12.1 Å². The molecule has 28 heavy (non-hydrogen) atoms. The van der Waals surface area contributed by atoms with Crippen molar-refractivity contribution in [3.8, 4) is 17.3 Å². The molecule has 3 rings (SSSR count). The van der Waals surface area contributed by atoms with Gasteiger partial charge in [0.15, 0.2) is 11.6 Å². The minimum atomic E-state index is -1.00. The van der Waals surface area contributed by atoms with Gasteiger partial charge in [-0.3, -0.25) is 9.78 Å². The fraction of sp³-hybridized carbons (Fsp3) is 0.100. The Morgan fingerprint density at radius 1 is 1.21 bits per heavy atom. The number of hydrogen-bond acceptors (Lipinski definition) is 5. The Morgan fingerprint density at radius 2 is 1.96 bits per heavy atom. The molecule has 2 N–H and O–H groups in total. The van der Waals surface area contributed by atoms with Crippen molar-refractivity contribution >= 4 is 12.2 Å². The van der Waals surface area contributed by atoms with Crippen molar-refractivity contribution in [1.29, 1.82) is 5.26 Å². The Labute approximate surface area is 159 Å². The molecule has 1 aromatic heterocycles. The molecule has 1 heterocycles. The molecule has 3 aromatic rings. The van der Waals surface area contributed by atoms with Gasteiger partial charge in [-0.1, -0.05) is 43.3 Å². The Bertz CT molecular complexity index is 1130. The van der Waals surface area contributed by atoms with Gasteiger partial charge < -0.3 is 0 Å². The number of nitrogens with one attached hydrogen (secondary N) is 2. The third-order valence-electron chi connectivity index (χ3n) is 4.03. The summed E-state index contributed by atoms with van der Waals surface area (Å²) >= 11 is 0. The second-order valence-electron chi connectivity index (χ2n) is 5.78. The van der Waals surface area contributed by atoms with Crippen LogP contribution in [0.4, 0.5) is 14.7 Å². The lowest BCUT2D eigenvalue weighted by Crippen LogP contribution is -2.16. The highest BCUT2D eigenvalue weighted by molar-refractivity contribution is 5.80. The first kappa shape index (κ1) is 18.9. The van der Waals surface area contributed by atoms with E-state index in [4.69, 9.17) is 0 Å². The normalized spacial score (nSPS) is 10.8. The lowest BCUT2D eigenvalue weighted by molar-refractivity contribution is 0.499. The lowest BCUT2D eigenvalue weighted by Gasteiger charge is -2.06. The molecule has 2 aromatic carbocycles. The number of H-pyrrole nitrogens is 1. The molecule has 0 saturated carbocycles. The van der Waals surface area contributed by atoms with Crippen LogP contribution < -0.4 is 11.0 Å². The molecular weight excluding hydrogens is 364 g/mol. The molecule has 0 unspecified atom stereocenters. The molecule has 0 spiro atoms. The van der Waals surface area contributed by atoms with Crippen LogP contribution in [0.2, 0.25) is 0 Å². The summed E-state index contributed by atoms with van der Waals surface area (Å²) in [5, 5.41) is 13.0. The van der Waals surface area contributed by atoms with E-state index in [2.05, 4.69) is 20.5 Å². The summed E-state index contributed by atoms with van der Waals surface area (Å²) in [6.45, 7) is 1.73. The van der Waals surface area contributed by atoms with E-state index in [0.29, 0.717) is 12.0 Å². The maximum atomic E-state index is 14.0. The van der Waals surface area contributed by atoms with Crippen LogP contribution >= 0.6 is 0 Å². The lowest BCUT2D eigenvalue weighted by atomic mass is 10.1. The summed E-state index contributed by atoms with van der Waals surface area (Å²) in [4.78, 5) is 18.7. The summed E-state index contributed by atoms with van der Waals surface area (Å²) in [6.07, 6.45) is 1.45. The third-order valence-corrected chi connectivity index (χ3v) is 4.03. The molecule has 0 aliphatic carbocycles. The van der Waals surface area contributed by atoms with Crippen molar-refractivity contribution in [2.45, 2.75) is 13.3 Å². The topological polar surface area (TPSA) is 93.9 Å². The van der Waals surface area contributed by atoms with E-state index in [9.17, 15) is 18.8 Å². The zero-order valence-electron chi connectivity index (χ0n) is 14.8. The van der Waals surface area contributed by atoms with Crippen molar-refractivity contribution < 1.29 is 8.78 Å². The molecular formula is C20H15F2N5O. The summed E-state index contributed by atoms with van der Waals surface area (Å²) in [7, 11) is 0. The van der Waals surface area contributed by atoms with E-state index in [0.717, 1.165) is 6.21 Å². The van der Waals surface area contributed by atoms with Crippen LogP contribution in [-0.4, -0.2) is 16.2 Å². The van der Waals surface area contributed by atoms with Gasteiger partial charge in [0.05, 0.1) is 11.9 Å². The SMILES string of the molecule is CCc1ccc(C=NNc2nc(-c3ccccc3)c(C#N)c(=O)[nH]2)c(F)c1F. The Kier molecular flexibility index (Phi) is 5.56. The number of aryl methyl sites for hydroxylation is 1. The monoisotopic (exact) mass is 379 g/mol. The van der Waals surface area contributed by atoms with Crippen molar-refractivity contribution in [3.05, 3.63) is 81.1 Å². The van der Waals surface area contributed by atoms with E-state index in [1.807, 2.05) is 6.07 Å². The van der Waals surface area contributed by atoms with Gasteiger partial charge in [0.1, 0.15) is 11.6 Å². The van der Waals surface area contributed by atoms with Crippen LogP contribution in [0.1, 0.15) is 23.6 Å².